The zero-order valence-corrected chi connectivity index (χ0v) is 88.4. The van der Waals surface area contributed by atoms with Crippen molar-refractivity contribution in [1.82, 2.24) is 9.13 Å². The van der Waals surface area contributed by atoms with Gasteiger partial charge in [-0.15, -0.1) is 0 Å². The molecule has 0 unspecified atom stereocenters. The first-order valence-corrected chi connectivity index (χ1v) is 49.4. The monoisotopic (exact) mass is 1820 g/mol. The Hall–Kier alpha value is -11.7. The van der Waals surface area contributed by atoms with Gasteiger partial charge in [-0.2, -0.15) is 0 Å². The number of anilines is 6. The SMILES string of the molecule is [2H]c1c([2H])c(C(C)(C)C)c([2H])c([2H])c1-c1c([2H])c(C(C)(C)C)c([2H])c(-c2c([2H])c(C(C)(C)C)c([2H])c([2H])c2C(C)(C)C)c1N1c2cc(-n3c4c([2H])c([2H])c([2H])c([2H])c4c4c([2H])c([2H])c([2H])c([2H])c43)ccc2B2c3ccc(-n4c5ccc(C(C)(C)C)cc5c5cc(C(C)(C)C)ccc54)cc3N(c3c(-c4cc(C(C)(C)C)cc(C(C)(C)C)c4)cc(C(C)(C)C)cc3-c3ccccc3C(C)(C)C)c3cc(-c4cc(C(C)(C)C)cc(C(C)(C)C)c4)cc1c32. The van der Waals surface area contributed by atoms with Gasteiger partial charge >= 0.3 is 0 Å². The summed E-state index contributed by atoms with van der Waals surface area (Å²) in [6.45, 7) is 75.9. The summed E-state index contributed by atoms with van der Waals surface area (Å²) in [5.74, 6) is 0. The molecule has 4 heterocycles. The van der Waals surface area contributed by atoms with E-state index in [1.807, 2.05) is 106 Å². The van der Waals surface area contributed by atoms with Gasteiger partial charge in [0.2, 0.25) is 0 Å². The number of fused-ring (bicyclic) bond motifs is 10. The van der Waals surface area contributed by atoms with E-state index < -0.39 is 121 Å². The summed E-state index contributed by atoms with van der Waals surface area (Å²) in [5.41, 5.74) is 13.5. The van der Waals surface area contributed by atoms with Crippen LogP contribution >= 0.6 is 0 Å². The molecule has 0 atom stereocenters. The normalized spacial score (nSPS) is 15.7. The van der Waals surface area contributed by atoms with Crippen molar-refractivity contribution < 1.29 is 23.3 Å². The first-order valence-electron chi connectivity index (χ1n) is 57.9. The molecule has 0 bridgehead atoms. The van der Waals surface area contributed by atoms with Gasteiger partial charge in [0.05, 0.1) is 56.7 Å². The molecule has 2 aliphatic heterocycles. The smallest absolute Gasteiger partial charge is 0.252 e. The lowest BCUT2D eigenvalue weighted by Gasteiger charge is -2.46. The Labute approximate surface area is 846 Å². The third-order valence-corrected chi connectivity index (χ3v) is 28.4. The van der Waals surface area contributed by atoms with Gasteiger partial charge < -0.3 is 18.9 Å². The zero-order chi connectivity index (χ0) is 114. The lowest BCUT2D eigenvalue weighted by Crippen LogP contribution is -2.61. The Kier molecular flexibility index (Phi) is 18.1. The first kappa shape index (κ1) is 76.3. The van der Waals surface area contributed by atoms with E-state index in [1.165, 1.54) is 15.7 Å². The fourth-order valence-electron chi connectivity index (χ4n) is 20.1. The summed E-state index contributed by atoms with van der Waals surface area (Å²) in [7, 11) is 0. The summed E-state index contributed by atoms with van der Waals surface area (Å²) < 4.78 is 184. The maximum absolute atomic E-state index is 12.1. The van der Waals surface area contributed by atoms with Crippen molar-refractivity contribution in [3.63, 3.8) is 0 Å². The Bertz CT molecular complexity index is 8410. The average molecular weight is 1820 g/mol. The highest BCUT2D eigenvalue weighted by Gasteiger charge is 2.48. The zero-order valence-electron chi connectivity index (χ0n) is 105. The van der Waals surface area contributed by atoms with Crippen molar-refractivity contribution in [3.05, 3.63) is 327 Å². The number of benzene rings is 14. The highest BCUT2D eigenvalue weighted by Crippen LogP contribution is 2.59. The van der Waals surface area contributed by atoms with E-state index >= 15 is 0 Å². The number of nitrogens with zero attached hydrogens (tertiary/aromatic N) is 4. The lowest BCUT2D eigenvalue weighted by molar-refractivity contribution is 0.568. The topological polar surface area (TPSA) is 16.3 Å². The van der Waals surface area contributed by atoms with Crippen LogP contribution in [0.2, 0.25) is 0 Å². The van der Waals surface area contributed by atoms with Crippen molar-refractivity contribution in [3.8, 4) is 67.0 Å². The van der Waals surface area contributed by atoms with E-state index in [1.54, 1.807) is 0 Å². The Balaban J connectivity index is 1.21. The minimum Gasteiger partial charge on any atom is -0.310 e. The first-order chi connectivity index (χ1) is 70.6. The van der Waals surface area contributed by atoms with Crippen LogP contribution in [0.1, 0.15) is 339 Å². The van der Waals surface area contributed by atoms with Gasteiger partial charge in [0.15, 0.2) is 0 Å². The van der Waals surface area contributed by atoms with Crippen LogP contribution in [0.3, 0.4) is 0 Å². The molecule has 18 rings (SSSR count). The molecule has 0 saturated heterocycles. The Morgan fingerprint density at radius 2 is 0.591 bits per heavy atom. The molecule has 4 nitrogen and oxygen atoms in total. The second-order valence-electron chi connectivity index (χ2n) is 51.6. The molecule has 5 heteroatoms. The van der Waals surface area contributed by atoms with Gasteiger partial charge in [-0.3, -0.25) is 0 Å². The number of aromatic nitrogens is 2. The van der Waals surface area contributed by atoms with Gasteiger partial charge in [0.1, 0.15) is 0 Å². The van der Waals surface area contributed by atoms with E-state index in [4.69, 9.17) is 0 Å². The van der Waals surface area contributed by atoms with Crippen molar-refractivity contribution in [2.45, 2.75) is 314 Å². The molecule has 0 fully saturated rings. The molecule has 0 radical (unpaired) electrons. The molecule has 0 amide bonds. The van der Waals surface area contributed by atoms with E-state index in [0.717, 1.165) is 106 Å². The van der Waals surface area contributed by atoms with Crippen LogP contribution in [-0.2, 0) is 65.0 Å². The molecule has 14 aromatic carbocycles. The third-order valence-electron chi connectivity index (χ3n) is 28.4. The largest absolute Gasteiger partial charge is 0.310 e. The molecular formula is C132H151BN4. The van der Waals surface area contributed by atoms with Gasteiger partial charge in [-0.25, -0.2) is 0 Å². The summed E-state index contributed by atoms with van der Waals surface area (Å²) in [4.78, 5) is 4.53. The van der Waals surface area contributed by atoms with Crippen LogP contribution in [-0.4, -0.2) is 15.8 Å². The van der Waals surface area contributed by atoms with Crippen molar-refractivity contribution in [2.75, 3.05) is 9.80 Å². The summed E-state index contributed by atoms with van der Waals surface area (Å²) >= 11 is 0. The Morgan fingerprint density at radius 1 is 0.219 bits per heavy atom. The Morgan fingerprint density at radius 3 is 1.03 bits per heavy atom. The minimum atomic E-state index is -1.23. The van der Waals surface area contributed by atoms with Crippen LogP contribution in [0.4, 0.5) is 34.1 Å². The predicted octanol–water partition coefficient (Wildman–Crippen LogP) is 35.9. The van der Waals surface area contributed by atoms with Crippen molar-refractivity contribution in [1.29, 1.82) is 0 Å². The molecule has 0 aliphatic carbocycles. The molecule has 702 valence electrons. The number of hydrogen-bond acceptors (Lipinski definition) is 2. The van der Waals surface area contributed by atoms with Crippen LogP contribution in [0, 0.1) is 0 Å². The maximum Gasteiger partial charge on any atom is 0.252 e. The van der Waals surface area contributed by atoms with Crippen LogP contribution in [0.5, 0.6) is 0 Å². The average Bonchev–Trinajstić information content (AvgIpc) is 0.834. The standard InChI is InChI=1S/C132H151BN4/c1-121(2,3)84-51-49-80(50-52-84)99-74-92(129(25,26)27)77-105(101-71-85(122(4,5)6)53-58-107(101)132(34,35)36)119(99)136-114-78-94(134-110-47-41-38-44-97(110)98-45-39-42-48-111(98)134)56-59-108(114)133-109-60-57-95(135-112-61-54-86(123(7,8)9)72-102(112)103-73-87(124(10,11)12)55-62-113(103)135)79-115(109)137(117-68-82(67-116(136)118(117)133)81-63-88(125(13,14)15)69-89(64-81)126(16,17)18)120-100(83-65-90(127(19,20)21)70-91(66-83)128(22,23)24)75-93(130(28,29)30)76-104(120)96-43-37-40-46-106(96)131(31,32)33/h37-79H,1-36H3/i38D,39D,41D,42D,44D,45D,47D,48D,49D,50D,51D,52D,53D,58D,71D,74D,77D. The predicted molar refractivity (Wildman–Crippen MR) is 601 cm³/mol. The third kappa shape index (κ3) is 17.3. The molecule has 0 spiro atoms. The number of hydrogen-bond donors (Lipinski definition) is 0. The molecule has 0 saturated carbocycles. The molecule has 2 aliphatic rings. The highest BCUT2D eigenvalue weighted by molar-refractivity contribution is 7.00. The van der Waals surface area contributed by atoms with Gasteiger partial charge in [0, 0.05) is 77.9 Å². The van der Waals surface area contributed by atoms with Gasteiger partial charge in [-0.1, -0.05) is 413 Å². The van der Waals surface area contributed by atoms with E-state index in [0.29, 0.717) is 27.9 Å². The summed E-state index contributed by atoms with van der Waals surface area (Å²) in [6.07, 6.45) is 0. The molecule has 0 N–H and O–H groups in total. The number of rotatable bonds is 9. The van der Waals surface area contributed by atoms with Gasteiger partial charge in [-0.05, 0) is 278 Å². The van der Waals surface area contributed by atoms with E-state index in [9.17, 15) is 23.3 Å². The summed E-state index contributed by atoms with van der Waals surface area (Å²) in [5, 5.41) is 1.81. The maximum atomic E-state index is 12.1. The molecule has 137 heavy (non-hydrogen) atoms. The molecular weight excluding hydrogens is 1650 g/mol. The second-order valence-corrected chi connectivity index (χ2v) is 51.6. The van der Waals surface area contributed by atoms with Crippen LogP contribution < -0.4 is 26.2 Å². The lowest BCUT2D eigenvalue weighted by atomic mass is 9.33. The van der Waals surface area contributed by atoms with E-state index in [-0.39, 0.29) is 137 Å². The quantitative estimate of drug-likeness (QED) is 0.134. The fourth-order valence-corrected chi connectivity index (χ4v) is 20.1. The van der Waals surface area contributed by atoms with Crippen LogP contribution in [0.25, 0.3) is 111 Å². The minimum absolute atomic E-state index is 0.0388. The van der Waals surface area contributed by atoms with Crippen molar-refractivity contribution in [2.24, 2.45) is 0 Å². The molecule has 2 aromatic heterocycles. The van der Waals surface area contributed by atoms with Crippen LogP contribution in [0.15, 0.2) is 260 Å². The number of para-hydroxylation sites is 2. The second kappa shape index (κ2) is 32.5. The fraction of sp³-hybridized carbons (Fsp3) is 0.364. The van der Waals surface area contributed by atoms with Crippen molar-refractivity contribution >= 4 is 101 Å². The highest BCUT2D eigenvalue weighted by atomic mass is 15.2. The van der Waals surface area contributed by atoms with Gasteiger partial charge in [0.25, 0.3) is 6.71 Å². The molecule has 16 aromatic rings. The van der Waals surface area contributed by atoms with E-state index in [2.05, 4.69) is 315 Å². The summed E-state index contributed by atoms with van der Waals surface area (Å²) in [6, 6.07) is 50.8.